The number of carbonyl (C=O) groups is 8. The van der Waals surface area contributed by atoms with Crippen LogP contribution in [0.4, 0.5) is 0 Å². The van der Waals surface area contributed by atoms with Crippen LogP contribution >= 0.6 is 0 Å². The molecule has 144 heavy (non-hydrogen) atoms. The number of hydrogen-bond acceptors (Lipinski definition) is 16. The molecule has 8 N–H and O–H groups in total. The van der Waals surface area contributed by atoms with Gasteiger partial charge in [-0.2, -0.15) is 0 Å². The Morgan fingerprint density at radius 1 is 0.167 bits per heavy atom. The van der Waals surface area contributed by atoms with Gasteiger partial charge in [0.15, 0.2) is 0 Å². The van der Waals surface area contributed by atoms with Crippen molar-refractivity contribution in [3.63, 3.8) is 0 Å². The normalized spacial score (nSPS) is 13.1. The number of fused-ring (bicyclic) bond motifs is 16. The van der Waals surface area contributed by atoms with Crippen molar-refractivity contribution in [2.45, 2.75) is 364 Å². The quantitative estimate of drug-likeness (QED) is 0.0165. The number of carboxylic acids is 8. The summed E-state index contributed by atoms with van der Waals surface area (Å²) >= 11 is 0. The minimum Gasteiger partial charge on any atom is -0.494 e. The standard InChI is InChI=1S/C120H160O24/c1-113(2,3)105-73-49-75-59-90(138-42-26-34-98(123)124)61-77(106(75)114(4,5)6)51-79-63-92(140-44-28-36-100(127)128)65-81(108(79)116(10,11)12)53-83-67-94(142-46-30-38-102(131)132)69-85(110(83)118(16,17)18)55-87-71-96(144-48-32-40-104(135)136)72-88(112(87)120(22,23)24)56-86-70-95(143-47-31-39-103(133)134)68-84(111(86)119(19,20)21)54-82-66-93(141-45-29-37-101(129)130)64-80(109(82)117(13,14)15)52-78-62-91(139-43-27-35-99(125)126)60-76(107(78)115(7,8)9)50-74(105)58-89(57-73)137-41-25-33-97(121)122/h57-72H,25-56H2,1-24H3,(H,121,122)(H,123,124)(H,125,126)(H,127,128)(H,129,130)(H,131,132)(H,133,134)(H,135,136). The van der Waals surface area contributed by atoms with Crippen LogP contribution < -0.4 is 37.9 Å². The van der Waals surface area contributed by atoms with E-state index in [1.165, 1.54) is 0 Å². The molecular weight excluding hydrogens is 1830 g/mol. The monoisotopic (exact) mass is 1990 g/mol. The van der Waals surface area contributed by atoms with E-state index in [0.29, 0.717) is 46.0 Å². The molecule has 0 amide bonds. The molecule has 0 heterocycles. The molecule has 784 valence electrons. The molecule has 0 unspecified atom stereocenters. The predicted octanol–water partition coefficient (Wildman–Crippen LogP) is 25.1. The minimum absolute atomic E-state index is 0.0664. The van der Waals surface area contributed by atoms with Crippen LogP contribution in [-0.4, -0.2) is 141 Å². The van der Waals surface area contributed by atoms with Crippen LogP contribution in [0.3, 0.4) is 0 Å². The number of ether oxygens (including phenoxy) is 8. The Balaban J connectivity index is 1.55. The number of rotatable bonds is 40. The molecule has 1 aliphatic rings. The van der Waals surface area contributed by atoms with E-state index in [1.807, 2.05) is 0 Å². The molecule has 0 aromatic heterocycles. The first-order chi connectivity index (χ1) is 67.0. The summed E-state index contributed by atoms with van der Waals surface area (Å²) in [7, 11) is 0. The highest BCUT2D eigenvalue weighted by Crippen LogP contribution is 2.50. The number of aliphatic carboxylic acids is 8. The minimum atomic E-state index is -0.970. The Hall–Kier alpha value is -12.1. The van der Waals surface area contributed by atoms with Crippen LogP contribution in [0.25, 0.3) is 0 Å². The number of benzene rings is 8. The molecule has 0 spiro atoms. The van der Waals surface area contributed by atoms with Crippen LogP contribution in [-0.2, 0) is 133 Å². The molecular formula is C120H160O24. The molecule has 0 saturated heterocycles. The van der Waals surface area contributed by atoms with Gasteiger partial charge in [-0.25, -0.2) is 0 Å². The zero-order chi connectivity index (χ0) is 107. The lowest BCUT2D eigenvalue weighted by molar-refractivity contribution is -0.138. The van der Waals surface area contributed by atoms with Gasteiger partial charge in [-0.1, -0.05) is 166 Å². The van der Waals surface area contributed by atoms with Crippen molar-refractivity contribution in [3.05, 3.63) is 231 Å². The van der Waals surface area contributed by atoms with Gasteiger partial charge in [0.05, 0.1) is 52.9 Å². The average molecular weight is 1990 g/mol. The Labute approximate surface area is 853 Å². The van der Waals surface area contributed by atoms with Crippen molar-refractivity contribution in [1.29, 1.82) is 0 Å². The molecule has 0 fully saturated rings. The highest BCUT2D eigenvalue weighted by Gasteiger charge is 2.38. The van der Waals surface area contributed by atoms with Crippen molar-refractivity contribution in [3.8, 4) is 46.0 Å². The predicted molar refractivity (Wildman–Crippen MR) is 563 cm³/mol. The summed E-state index contributed by atoms with van der Waals surface area (Å²) in [6.45, 7) is 53.1. The van der Waals surface area contributed by atoms with E-state index in [4.69, 9.17) is 37.9 Å². The smallest absolute Gasteiger partial charge is 0.303 e. The molecule has 24 heteroatoms. The van der Waals surface area contributed by atoms with Crippen molar-refractivity contribution in [2.24, 2.45) is 0 Å². The fraction of sp³-hybridized carbons (Fsp3) is 0.533. The van der Waals surface area contributed by atoms with Crippen LogP contribution in [0.5, 0.6) is 46.0 Å². The second-order valence-corrected chi connectivity index (χ2v) is 47.1. The zero-order valence-electron chi connectivity index (χ0n) is 90.0. The summed E-state index contributed by atoms with van der Waals surface area (Å²) in [6, 6.07) is 33.2. The largest absolute Gasteiger partial charge is 0.494 e. The lowest BCUT2D eigenvalue weighted by atomic mass is 9.71. The van der Waals surface area contributed by atoms with Crippen LogP contribution in [0, 0.1) is 0 Å². The molecule has 0 radical (unpaired) electrons. The van der Waals surface area contributed by atoms with E-state index < -0.39 is 91.1 Å². The first-order valence-corrected chi connectivity index (χ1v) is 51.1. The third-order valence-electron chi connectivity index (χ3n) is 25.7. The van der Waals surface area contributed by atoms with Gasteiger partial charge in [0, 0.05) is 51.4 Å². The highest BCUT2D eigenvalue weighted by atomic mass is 16.5. The summed E-state index contributed by atoms with van der Waals surface area (Å²) in [6.07, 6.45) is 2.77. The van der Waals surface area contributed by atoms with Crippen molar-refractivity contribution in [2.75, 3.05) is 52.9 Å². The maximum atomic E-state index is 12.3. The number of carboxylic acid groups (broad SMARTS) is 8. The third-order valence-corrected chi connectivity index (χ3v) is 25.7. The summed E-state index contributed by atoms with van der Waals surface area (Å²) in [5.41, 5.74) is 17.3. The van der Waals surface area contributed by atoms with Gasteiger partial charge in [0.1, 0.15) is 46.0 Å². The highest BCUT2D eigenvalue weighted by molar-refractivity contribution is 5.71. The van der Waals surface area contributed by atoms with E-state index in [2.05, 4.69) is 263 Å². The molecule has 0 saturated carbocycles. The molecule has 8 aromatic carbocycles. The molecule has 9 rings (SSSR count). The summed E-state index contributed by atoms with van der Waals surface area (Å²) < 4.78 is 54.9. The molecule has 8 aromatic rings. The van der Waals surface area contributed by atoms with Gasteiger partial charge in [0.25, 0.3) is 0 Å². The molecule has 0 atom stereocenters. The topological polar surface area (TPSA) is 372 Å². The first kappa shape index (κ1) is 115. The zero-order valence-corrected chi connectivity index (χ0v) is 90.0. The summed E-state index contributed by atoms with van der Waals surface area (Å²) in [4.78, 5) is 98.6. The lowest BCUT2D eigenvalue weighted by Gasteiger charge is -2.34. The average Bonchev–Trinajstić information content (AvgIpc) is 0.752. The Kier molecular flexibility index (Phi) is 39.5. The van der Waals surface area contributed by atoms with Gasteiger partial charge in [0.2, 0.25) is 0 Å². The third kappa shape index (κ3) is 34.0. The van der Waals surface area contributed by atoms with Gasteiger partial charge in [-0.3, -0.25) is 38.4 Å². The van der Waals surface area contributed by atoms with Crippen LogP contribution in [0.1, 0.15) is 402 Å². The van der Waals surface area contributed by atoms with Crippen molar-refractivity contribution in [1.82, 2.24) is 0 Å². The molecule has 1 aliphatic carbocycles. The fourth-order valence-corrected chi connectivity index (χ4v) is 21.4. The van der Waals surface area contributed by atoms with Crippen LogP contribution in [0.15, 0.2) is 97.1 Å². The van der Waals surface area contributed by atoms with Gasteiger partial charge in [-0.15, -0.1) is 0 Å². The van der Waals surface area contributed by atoms with Gasteiger partial charge in [-0.05, 0) is 377 Å². The fourth-order valence-electron chi connectivity index (χ4n) is 21.4. The lowest BCUT2D eigenvalue weighted by Crippen LogP contribution is -2.24. The maximum absolute atomic E-state index is 12.3. The Morgan fingerprint density at radius 2 is 0.243 bits per heavy atom. The van der Waals surface area contributed by atoms with Gasteiger partial charge < -0.3 is 78.7 Å². The Bertz CT molecular complexity index is 4640. The van der Waals surface area contributed by atoms with E-state index in [0.717, 1.165) is 134 Å². The molecule has 0 aliphatic heterocycles. The van der Waals surface area contributed by atoms with E-state index in [-0.39, 0.29) is 207 Å². The van der Waals surface area contributed by atoms with Gasteiger partial charge >= 0.3 is 47.8 Å². The van der Waals surface area contributed by atoms with Crippen molar-refractivity contribution >= 4 is 47.8 Å². The number of hydrogen-bond donors (Lipinski definition) is 8. The maximum Gasteiger partial charge on any atom is 0.303 e. The van der Waals surface area contributed by atoms with Crippen molar-refractivity contribution < 1.29 is 117 Å². The van der Waals surface area contributed by atoms with Crippen LogP contribution in [0.2, 0.25) is 0 Å². The van der Waals surface area contributed by atoms with E-state index >= 15 is 0 Å². The second-order valence-electron chi connectivity index (χ2n) is 47.1. The molecule has 16 bridgehead atoms. The van der Waals surface area contributed by atoms with E-state index in [9.17, 15) is 79.2 Å². The second kappa shape index (κ2) is 49.2. The Morgan fingerprint density at radius 3 is 0.306 bits per heavy atom. The summed E-state index contributed by atoms with van der Waals surface area (Å²) in [5, 5.41) is 80.7. The SMILES string of the molecule is CC(C)(C)c1c2cc(OCCCC(=O)O)cc1Cc1cc(OCCCC(=O)O)cc(c1C(C)(C)C)Cc1cc(OCCCC(=O)O)cc(c1C(C)(C)C)Cc1cc(OCCCC(=O)O)cc(c1C(C)(C)C)Cc1cc(OCCCC(=O)O)cc(c1C(C)(C)C)Cc1cc(OCCCC(=O)O)cc(c1C(C)(C)C)Cc1cc(OCCCC(=O)O)cc(c1C(C)(C)C)Cc1cc(OCCCC(=O)O)cc(c1C(C)(C)C)C2. The molecule has 24 nitrogen and oxygen atoms in total. The van der Waals surface area contributed by atoms with E-state index in [1.54, 1.807) is 0 Å². The first-order valence-electron chi connectivity index (χ1n) is 51.1. The summed E-state index contributed by atoms with van der Waals surface area (Å²) in [5.74, 6) is -3.75.